The van der Waals surface area contributed by atoms with E-state index in [-0.39, 0.29) is 12.1 Å². The van der Waals surface area contributed by atoms with Gasteiger partial charge in [-0.25, -0.2) is 4.79 Å². The highest BCUT2D eigenvalue weighted by molar-refractivity contribution is 6.00. The Bertz CT molecular complexity index is 1190. The lowest BCUT2D eigenvalue weighted by molar-refractivity contribution is 0.251. The van der Waals surface area contributed by atoms with Crippen molar-refractivity contribution in [3.63, 3.8) is 0 Å². The maximum atomic E-state index is 12.7. The topological polar surface area (TPSA) is 73.1 Å². The minimum Gasteiger partial charge on any atom is -0.362 e. The molecule has 0 radical (unpaired) electrons. The number of nitrogens with zero attached hydrogens (tertiary/aromatic N) is 2. The van der Waals surface area contributed by atoms with Crippen LogP contribution in [0.1, 0.15) is 17.5 Å². The predicted octanol–water partition coefficient (Wildman–Crippen LogP) is 4.71. The van der Waals surface area contributed by atoms with E-state index in [9.17, 15) is 4.79 Å². The van der Waals surface area contributed by atoms with Gasteiger partial charge in [0.05, 0.1) is 17.4 Å². The van der Waals surface area contributed by atoms with Gasteiger partial charge in [-0.3, -0.25) is 5.10 Å². The van der Waals surface area contributed by atoms with E-state index in [4.69, 9.17) is 0 Å². The van der Waals surface area contributed by atoms with E-state index in [1.807, 2.05) is 24.3 Å². The lowest BCUT2D eigenvalue weighted by atomic mass is 9.95. The van der Waals surface area contributed by atoms with E-state index < -0.39 is 0 Å². The van der Waals surface area contributed by atoms with Crippen LogP contribution in [0.25, 0.3) is 10.9 Å². The second kappa shape index (κ2) is 8.52. The second-order valence-corrected chi connectivity index (χ2v) is 7.91. The van der Waals surface area contributed by atoms with Gasteiger partial charge in [0.25, 0.3) is 0 Å². The average Bonchev–Trinajstić information content (AvgIpc) is 3.29. The Morgan fingerprint density at radius 2 is 1.87 bits per heavy atom. The number of aromatic nitrogens is 2. The fourth-order valence-electron chi connectivity index (χ4n) is 4.34. The Hall–Kier alpha value is -3.80. The highest BCUT2D eigenvalue weighted by Crippen LogP contribution is 2.31. The summed E-state index contributed by atoms with van der Waals surface area (Å²) in [6.45, 7) is 1.40. The number of fused-ring (bicyclic) bond motifs is 2. The molecule has 31 heavy (non-hydrogen) atoms. The number of hydrogen-bond acceptors (Lipinski definition) is 3. The number of carbonyl (C=O) groups excluding carboxylic acids is 1. The van der Waals surface area contributed by atoms with Crippen LogP contribution in [-0.4, -0.2) is 28.8 Å². The van der Waals surface area contributed by atoms with Gasteiger partial charge in [0, 0.05) is 30.2 Å². The molecule has 0 fully saturated rings. The zero-order valence-electron chi connectivity index (χ0n) is 17.2. The molecule has 0 saturated heterocycles. The molecular formula is C25H25N5O. The Balaban J connectivity index is 1.30. The van der Waals surface area contributed by atoms with Gasteiger partial charge in [-0.05, 0) is 42.2 Å². The highest BCUT2D eigenvalue weighted by Gasteiger charge is 2.26. The first kappa shape index (κ1) is 19.2. The first-order valence-corrected chi connectivity index (χ1v) is 10.6. The summed E-state index contributed by atoms with van der Waals surface area (Å²) in [5.74, 6) is 0. The number of anilines is 2. The SMILES string of the molecule is O=C(NC[C@H]1CCc2ccccc2N1Cc1ccccc1)Nc1cccc2[nH]ncc12. The molecule has 156 valence electrons. The number of amides is 2. The Labute approximate surface area is 181 Å². The molecule has 0 unspecified atom stereocenters. The Kier molecular flexibility index (Phi) is 5.27. The van der Waals surface area contributed by atoms with Crippen LogP contribution in [0.4, 0.5) is 16.2 Å². The van der Waals surface area contributed by atoms with Gasteiger partial charge in [-0.15, -0.1) is 0 Å². The first-order chi connectivity index (χ1) is 15.3. The lowest BCUT2D eigenvalue weighted by Crippen LogP contribution is -2.47. The highest BCUT2D eigenvalue weighted by atomic mass is 16.2. The Morgan fingerprint density at radius 1 is 1.03 bits per heavy atom. The second-order valence-electron chi connectivity index (χ2n) is 7.91. The van der Waals surface area contributed by atoms with E-state index in [0.717, 1.165) is 36.0 Å². The summed E-state index contributed by atoms with van der Waals surface area (Å²) < 4.78 is 0. The molecule has 3 aromatic carbocycles. The van der Waals surface area contributed by atoms with Crippen molar-refractivity contribution in [1.82, 2.24) is 15.5 Å². The fraction of sp³-hybridized carbons (Fsp3) is 0.200. The van der Waals surface area contributed by atoms with Crippen LogP contribution in [0, 0.1) is 0 Å². The maximum Gasteiger partial charge on any atom is 0.319 e. The molecule has 2 heterocycles. The third-order valence-electron chi connectivity index (χ3n) is 5.92. The van der Waals surface area contributed by atoms with Crippen LogP contribution in [0.3, 0.4) is 0 Å². The number of rotatable bonds is 5. The van der Waals surface area contributed by atoms with Gasteiger partial charge in [-0.2, -0.15) is 5.10 Å². The molecule has 6 heteroatoms. The number of benzene rings is 3. The quantitative estimate of drug-likeness (QED) is 0.445. The van der Waals surface area contributed by atoms with Crippen LogP contribution in [0.2, 0.25) is 0 Å². The van der Waals surface area contributed by atoms with Crippen molar-refractivity contribution < 1.29 is 4.79 Å². The van der Waals surface area contributed by atoms with Crippen molar-refractivity contribution in [2.24, 2.45) is 0 Å². The normalized spacial score (nSPS) is 15.5. The van der Waals surface area contributed by atoms with Crippen LogP contribution >= 0.6 is 0 Å². The smallest absolute Gasteiger partial charge is 0.319 e. The number of urea groups is 1. The van der Waals surface area contributed by atoms with Crippen molar-refractivity contribution in [3.8, 4) is 0 Å². The van der Waals surface area contributed by atoms with Gasteiger partial charge < -0.3 is 15.5 Å². The van der Waals surface area contributed by atoms with Gasteiger partial charge in [-0.1, -0.05) is 54.6 Å². The average molecular weight is 412 g/mol. The molecule has 1 atom stereocenters. The first-order valence-electron chi connectivity index (χ1n) is 10.6. The summed E-state index contributed by atoms with van der Waals surface area (Å²) in [5.41, 5.74) is 5.54. The standard InChI is InChI=1S/C25H25N5O/c31-25(28-22-10-6-11-23-21(22)16-27-29-23)26-15-20-14-13-19-9-4-5-12-24(19)30(20)17-18-7-2-1-3-8-18/h1-12,16,20H,13-15,17H2,(H,27,29)(H2,26,28,31)/t20-/m1/s1. The predicted molar refractivity (Wildman–Crippen MR) is 124 cm³/mol. The van der Waals surface area contributed by atoms with Crippen LogP contribution in [0.15, 0.2) is 79.0 Å². The van der Waals surface area contributed by atoms with Crippen LogP contribution < -0.4 is 15.5 Å². The van der Waals surface area contributed by atoms with E-state index in [1.165, 1.54) is 16.8 Å². The van der Waals surface area contributed by atoms with Gasteiger partial charge >= 0.3 is 6.03 Å². The summed E-state index contributed by atoms with van der Waals surface area (Å²) in [6, 6.07) is 24.8. The molecule has 2 amide bonds. The molecule has 3 N–H and O–H groups in total. The summed E-state index contributed by atoms with van der Waals surface area (Å²) in [5, 5.41) is 13.9. The number of nitrogens with one attached hydrogen (secondary N) is 3. The molecule has 0 spiro atoms. The molecular weight excluding hydrogens is 386 g/mol. The molecule has 1 aliphatic rings. The van der Waals surface area contributed by atoms with Crippen molar-refractivity contribution in [2.45, 2.75) is 25.4 Å². The fourth-order valence-corrected chi connectivity index (χ4v) is 4.34. The summed E-state index contributed by atoms with van der Waals surface area (Å²) in [6.07, 6.45) is 3.75. The largest absolute Gasteiger partial charge is 0.362 e. The number of aromatic amines is 1. The monoisotopic (exact) mass is 411 g/mol. The molecule has 6 nitrogen and oxygen atoms in total. The van der Waals surface area contributed by atoms with E-state index in [1.54, 1.807) is 6.20 Å². The van der Waals surface area contributed by atoms with E-state index in [2.05, 4.69) is 74.3 Å². The van der Waals surface area contributed by atoms with Gasteiger partial charge in [0.1, 0.15) is 0 Å². The lowest BCUT2D eigenvalue weighted by Gasteiger charge is -2.39. The van der Waals surface area contributed by atoms with E-state index in [0.29, 0.717) is 6.54 Å². The number of aryl methyl sites for hydroxylation is 1. The van der Waals surface area contributed by atoms with Crippen LogP contribution in [0.5, 0.6) is 0 Å². The molecule has 1 aromatic heterocycles. The molecule has 5 rings (SSSR count). The third-order valence-corrected chi connectivity index (χ3v) is 5.92. The minimum absolute atomic E-state index is 0.202. The number of carbonyl (C=O) groups is 1. The van der Waals surface area contributed by atoms with Gasteiger partial charge in [0.15, 0.2) is 0 Å². The molecule has 0 saturated carbocycles. The molecule has 4 aromatic rings. The van der Waals surface area contributed by atoms with Crippen molar-refractivity contribution in [3.05, 3.63) is 90.1 Å². The molecule has 0 bridgehead atoms. The number of hydrogen-bond donors (Lipinski definition) is 3. The minimum atomic E-state index is -0.202. The van der Waals surface area contributed by atoms with Crippen LogP contribution in [-0.2, 0) is 13.0 Å². The molecule has 0 aliphatic carbocycles. The zero-order chi connectivity index (χ0) is 21.0. The maximum absolute atomic E-state index is 12.7. The summed E-state index contributed by atoms with van der Waals surface area (Å²) in [7, 11) is 0. The zero-order valence-corrected chi connectivity index (χ0v) is 17.2. The third kappa shape index (κ3) is 4.10. The number of para-hydroxylation sites is 1. The number of H-pyrrole nitrogens is 1. The van der Waals surface area contributed by atoms with Crippen molar-refractivity contribution in [1.29, 1.82) is 0 Å². The Morgan fingerprint density at radius 3 is 2.77 bits per heavy atom. The molecule has 1 aliphatic heterocycles. The summed E-state index contributed by atoms with van der Waals surface area (Å²) in [4.78, 5) is 15.1. The van der Waals surface area contributed by atoms with Crippen molar-refractivity contribution >= 4 is 28.3 Å². The van der Waals surface area contributed by atoms with E-state index >= 15 is 0 Å². The van der Waals surface area contributed by atoms with Crippen molar-refractivity contribution in [2.75, 3.05) is 16.8 Å². The summed E-state index contributed by atoms with van der Waals surface area (Å²) >= 11 is 0. The van der Waals surface area contributed by atoms with Gasteiger partial charge in [0.2, 0.25) is 0 Å².